The lowest BCUT2D eigenvalue weighted by Crippen LogP contribution is -2.25. The highest BCUT2D eigenvalue weighted by Crippen LogP contribution is 2.14. The lowest BCUT2D eigenvalue weighted by atomic mass is 10.1. The third-order valence-electron chi connectivity index (χ3n) is 3.30. The first-order chi connectivity index (χ1) is 10.9. The zero-order valence-corrected chi connectivity index (χ0v) is 12.3. The molecule has 0 aliphatic heterocycles. The summed E-state index contributed by atoms with van der Waals surface area (Å²) in [5, 5.41) is 11.7. The minimum atomic E-state index is -1.34. The van der Waals surface area contributed by atoms with Crippen LogP contribution in [0.25, 0.3) is 10.9 Å². The van der Waals surface area contributed by atoms with Gasteiger partial charge in [0.25, 0.3) is 0 Å². The molecule has 0 radical (unpaired) electrons. The maximum atomic E-state index is 13.4. The number of aromatic carboxylic acids is 1. The molecule has 0 aliphatic carbocycles. The third kappa shape index (κ3) is 3.65. The maximum Gasteiger partial charge on any atom is 0.406 e. The zero-order valence-electron chi connectivity index (χ0n) is 12.3. The standard InChI is InChI=1S/C15H15FN2O5/c1-23-15(22)17-5-2-6-18-8-11(14(20)21)13(19)10-4-3-9(16)7-12(10)18/h3-4,7-8H,2,5-6H2,1H3,(H,17,22)(H,20,21). The number of hydrogen-bond acceptors (Lipinski definition) is 4. The Bertz CT molecular complexity index is 815. The summed E-state index contributed by atoms with van der Waals surface area (Å²) in [6.45, 7) is 0.586. The van der Waals surface area contributed by atoms with Crippen LogP contribution in [0.15, 0.2) is 29.2 Å². The molecule has 8 heteroatoms. The fourth-order valence-corrected chi connectivity index (χ4v) is 2.21. The molecular formula is C15H15FN2O5. The zero-order chi connectivity index (χ0) is 17.0. The number of aromatic nitrogens is 1. The molecule has 122 valence electrons. The van der Waals surface area contributed by atoms with Crippen molar-refractivity contribution in [2.75, 3.05) is 13.7 Å². The molecule has 2 rings (SSSR count). The number of fused-ring (bicyclic) bond motifs is 1. The number of carbonyl (C=O) groups is 2. The summed E-state index contributed by atoms with van der Waals surface area (Å²) in [4.78, 5) is 34.2. The monoisotopic (exact) mass is 322 g/mol. The SMILES string of the molecule is COC(=O)NCCCn1cc(C(=O)O)c(=O)c2ccc(F)cc21. The molecule has 0 bridgehead atoms. The first kappa shape index (κ1) is 16.5. The highest BCUT2D eigenvalue weighted by Gasteiger charge is 2.14. The summed E-state index contributed by atoms with van der Waals surface area (Å²) in [5.41, 5.74) is -0.737. The van der Waals surface area contributed by atoms with Crippen molar-refractivity contribution in [3.63, 3.8) is 0 Å². The molecule has 2 aromatic rings. The van der Waals surface area contributed by atoms with Gasteiger partial charge in [0.2, 0.25) is 5.43 Å². The molecule has 0 atom stereocenters. The number of amides is 1. The molecule has 23 heavy (non-hydrogen) atoms. The van der Waals surface area contributed by atoms with Gasteiger partial charge < -0.3 is 19.7 Å². The number of halogens is 1. The second-order valence-electron chi connectivity index (χ2n) is 4.80. The molecule has 1 heterocycles. The van der Waals surface area contributed by atoms with E-state index in [2.05, 4.69) is 10.1 Å². The van der Waals surface area contributed by atoms with Gasteiger partial charge in [0, 0.05) is 24.7 Å². The fourth-order valence-electron chi connectivity index (χ4n) is 2.21. The first-order valence-electron chi connectivity index (χ1n) is 6.82. The summed E-state index contributed by atoms with van der Waals surface area (Å²) < 4.78 is 19.4. The van der Waals surface area contributed by atoms with Crippen LogP contribution in [0.5, 0.6) is 0 Å². The van der Waals surface area contributed by atoms with Gasteiger partial charge in [-0.1, -0.05) is 0 Å². The number of rotatable bonds is 5. The largest absolute Gasteiger partial charge is 0.477 e. The number of aryl methyl sites for hydroxylation is 1. The van der Waals surface area contributed by atoms with Crippen LogP contribution in [0.3, 0.4) is 0 Å². The molecule has 0 saturated heterocycles. The summed E-state index contributed by atoms with van der Waals surface area (Å²) in [7, 11) is 1.24. The predicted molar refractivity (Wildman–Crippen MR) is 80.2 cm³/mol. The summed E-state index contributed by atoms with van der Waals surface area (Å²) in [6.07, 6.45) is 1.06. The van der Waals surface area contributed by atoms with E-state index in [4.69, 9.17) is 5.11 Å². The highest BCUT2D eigenvalue weighted by molar-refractivity contribution is 5.92. The quantitative estimate of drug-likeness (QED) is 0.815. The number of nitrogens with one attached hydrogen (secondary N) is 1. The minimum absolute atomic E-state index is 0.132. The van der Waals surface area contributed by atoms with E-state index in [1.807, 2.05) is 0 Å². The number of hydrogen-bond donors (Lipinski definition) is 2. The number of pyridine rings is 1. The topological polar surface area (TPSA) is 97.6 Å². The molecule has 7 nitrogen and oxygen atoms in total. The number of ether oxygens (including phenoxy) is 1. The van der Waals surface area contributed by atoms with Gasteiger partial charge in [0.05, 0.1) is 12.6 Å². The Kier molecular flexibility index (Phi) is 4.95. The van der Waals surface area contributed by atoms with Crippen molar-refractivity contribution in [2.45, 2.75) is 13.0 Å². The highest BCUT2D eigenvalue weighted by atomic mass is 19.1. The number of carbonyl (C=O) groups excluding carboxylic acids is 1. The van der Waals surface area contributed by atoms with Crippen LogP contribution in [0, 0.1) is 5.82 Å². The number of alkyl carbamates (subject to hydrolysis) is 1. The van der Waals surface area contributed by atoms with Gasteiger partial charge in [0.1, 0.15) is 11.4 Å². The molecule has 0 spiro atoms. The third-order valence-corrected chi connectivity index (χ3v) is 3.30. The average molecular weight is 322 g/mol. The van der Waals surface area contributed by atoms with Crippen LogP contribution >= 0.6 is 0 Å². The molecule has 2 N–H and O–H groups in total. The van der Waals surface area contributed by atoms with E-state index in [1.165, 1.54) is 30.0 Å². The van der Waals surface area contributed by atoms with Gasteiger partial charge in [-0.05, 0) is 24.6 Å². The maximum absolute atomic E-state index is 13.4. The Hall–Kier alpha value is -2.90. The van der Waals surface area contributed by atoms with E-state index in [9.17, 15) is 18.8 Å². The Morgan fingerprint density at radius 3 is 2.78 bits per heavy atom. The van der Waals surface area contributed by atoms with Crippen LogP contribution in [0.4, 0.5) is 9.18 Å². The van der Waals surface area contributed by atoms with Crippen LogP contribution in [0.1, 0.15) is 16.8 Å². The smallest absolute Gasteiger partial charge is 0.406 e. The molecule has 1 aromatic heterocycles. The number of carboxylic acid groups (broad SMARTS) is 1. The average Bonchev–Trinajstić information content (AvgIpc) is 2.52. The Labute approximate surface area is 130 Å². The number of carboxylic acids is 1. The van der Waals surface area contributed by atoms with Gasteiger partial charge in [-0.25, -0.2) is 14.0 Å². The second-order valence-corrected chi connectivity index (χ2v) is 4.80. The van der Waals surface area contributed by atoms with E-state index in [-0.39, 0.29) is 17.5 Å². The van der Waals surface area contributed by atoms with Gasteiger partial charge in [-0.3, -0.25) is 4.79 Å². The van der Waals surface area contributed by atoms with Gasteiger partial charge >= 0.3 is 12.1 Å². The van der Waals surface area contributed by atoms with Crippen molar-refractivity contribution >= 4 is 23.0 Å². The van der Waals surface area contributed by atoms with Gasteiger partial charge in [-0.2, -0.15) is 0 Å². The van der Waals surface area contributed by atoms with Gasteiger partial charge in [-0.15, -0.1) is 0 Å². The van der Waals surface area contributed by atoms with Crippen molar-refractivity contribution in [2.24, 2.45) is 0 Å². The number of benzene rings is 1. The molecular weight excluding hydrogens is 307 g/mol. The van der Waals surface area contributed by atoms with Crippen LogP contribution in [-0.4, -0.2) is 35.4 Å². The Balaban J connectivity index is 2.35. The Morgan fingerprint density at radius 2 is 2.13 bits per heavy atom. The summed E-state index contributed by atoms with van der Waals surface area (Å²) in [5.74, 6) is -1.87. The molecule has 0 unspecified atom stereocenters. The van der Waals surface area contributed by atoms with Crippen LogP contribution in [-0.2, 0) is 11.3 Å². The van der Waals surface area contributed by atoms with E-state index >= 15 is 0 Å². The van der Waals surface area contributed by atoms with Crippen molar-refractivity contribution in [1.82, 2.24) is 9.88 Å². The Morgan fingerprint density at radius 1 is 1.39 bits per heavy atom. The van der Waals surface area contributed by atoms with Crippen molar-refractivity contribution < 1.29 is 23.8 Å². The van der Waals surface area contributed by atoms with Crippen molar-refractivity contribution in [1.29, 1.82) is 0 Å². The van der Waals surface area contributed by atoms with Crippen LogP contribution < -0.4 is 10.7 Å². The molecule has 1 amide bonds. The molecule has 0 fully saturated rings. The second kappa shape index (κ2) is 6.91. The lowest BCUT2D eigenvalue weighted by molar-refractivity contribution is 0.0694. The fraction of sp³-hybridized carbons (Fsp3) is 0.267. The molecule has 0 saturated carbocycles. The normalized spacial score (nSPS) is 10.5. The first-order valence-corrected chi connectivity index (χ1v) is 6.82. The van der Waals surface area contributed by atoms with E-state index < -0.39 is 23.3 Å². The van der Waals surface area contributed by atoms with E-state index in [0.717, 1.165) is 6.07 Å². The minimum Gasteiger partial charge on any atom is -0.477 e. The predicted octanol–water partition coefficient (Wildman–Crippen LogP) is 1.58. The lowest BCUT2D eigenvalue weighted by Gasteiger charge is -2.12. The van der Waals surface area contributed by atoms with Crippen LogP contribution in [0.2, 0.25) is 0 Å². The molecule has 0 aliphatic rings. The van der Waals surface area contributed by atoms with Crippen molar-refractivity contribution in [3.8, 4) is 0 Å². The number of nitrogens with zero attached hydrogens (tertiary/aromatic N) is 1. The molecule has 1 aromatic carbocycles. The van der Waals surface area contributed by atoms with Gasteiger partial charge in [0.15, 0.2) is 0 Å². The van der Waals surface area contributed by atoms with E-state index in [0.29, 0.717) is 18.5 Å². The van der Waals surface area contributed by atoms with E-state index in [1.54, 1.807) is 0 Å². The van der Waals surface area contributed by atoms with Crippen molar-refractivity contribution in [3.05, 3.63) is 46.0 Å². The number of methoxy groups -OCH3 is 1. The summed E-state index contributed by atoms with van der Waals surface area (Å²) in [6, 6.07) is 3.55. The summed E-state index contributed by atoms with van der Waals surface area (Å²) >= 11 is 0.